The Hall–Kier alpha value is -3.10. The molecule has 0 bridgehead atoms. The third kappa shape index (κ3) is 5.64. The van der Waals surface area contributed by atoms with E-state index in [0.717, 1.165) is 48.2 Å². The highest BCUT2D eigenvalue weighted by Crippen LogP contribution is 2.29. The standard InChI is InChI=1S/C25H30N4O3S/c1-3-32-22-8-5-4-7-21(22)29-14-12-28(13-15-29)17-19-10-11-20(25(31)27-19)24(30)26-18(2)23-9-6-16-33-23/h4-11,16,18H,3,12-15,17H2,1-2H3,(H,26,30)(H,27,31). The molecule has 0 radical (unpaired) electrons. The van der Waals surface area contributed by atoms with Gasteiger partial charge in [0.2, 0.25) is 0 Å². The van der Waals surface area contributed by atoms with Crippen LogP contribution in [0.3, 0.4) is 0 Å². The van der Waals surface area contributed by atoms with E-state index in [0.29, 0.717) is 13.2 Å². The lowest BCUT2D eigenvalue weighted by atomic mass is 10.2. The summed E-state index contributed by atoms with van der Waals surface area (Å²) in [7, 11) is 0. The first-order valence-corrected chi connectivity index (χ1v) is 12.2. The maximum absolute atomic E-state index is 12.6. The Kier molecular flexibility index (Phi) is 7.47. The Labute approximate surface area is 198 Å². The molecule has 3 heterocycles. The lowest BCUT2D eigenvalue weighted by molar-refractivity contribution is 0.0939. The fourth-order valence-electron chi connectivity index (χ4n) is 4.05. The van der Waals surface area contributed by atoms with Crippen molar-refractivity contribution in [3.63, 3.8) is 0 Å². The highest BCUT2D eigenvalue weighted by atomic mass is 32.1. The van der Waals surface area contributed by atoms with Gasteiger partial charge in [-0.3, -0.25) is 14.5 Å². The summed E-state index contributed by atoms with van der Waals surface area (Å²) in [5.74, 6) is 0.560. The molecule has 1 unspecified atom stereocenters. The number of aromatic amines is 1. The molecule has 8 heteroatoms. The van der Waals surface area contributed by atoms with E-state index in [1.54, 1.807) is 17.4 Å². The number of rotatable bonds is 8. The quantitative estimate of drug-likeness (QED) is 0.530. The summed E-state index contributed by atoms with van der Waals surface area (Å²) in [6, 6.07) is 15.4. The van der Waals surface area contributed by atoms with Crippen LogP contribution in [0.2, 0.25) is 0 Å². The van der Waals surface area contributed by atoms with Gasteiger partial charge in [0.1, 0.15) is 11.3 Å². The summed E-state index contributed by atoms with van der Waals surface area (Å²) in [6.45, 7) is 8.72. The minimum absolute atomic E-state index is 0.138. The number of benzene rings is 1. The lowest BCUT2D eigenvalue weighted by Crippen LogP contribution is -2.46. The maximum atomic E-state index is 12.6. The Morgan fingerprint density at radius 3 is 2.61 bits per heavy atom. The zero-order chi connectivity index (χ0) is 23.2. The normalized spacial score (nSPS) is 15.3. The second-order valence-electron chi connectivity index (χ2n) is 8.10. The van der Waals surface area contributed by atoms with Gasteiger partial charge in [-0.25, -0.2) is 0 Å². The molecule has 4 rings (SSSR count). The van der Waals surface area contributed by atoms with E-state index in [9.17, 15) is 9.59 Å². The minimum atomic E-state index is -0.356. The number of carbonyl (C=O) groups excluding carboxylic acids is 1. The van der Waals surface area contributed by atoms with Gasteiger partial charge in [-0.2, -0.15) is 0 Å². The van der Waals surface area contributed by atoms with Crippen LogP contribution in [0.25, 0.3) is 0 Å². The largest absolute Gasteiger partial charge is 0.492 e. The molecule has 33 heavy (non-hydrogen) atoms. The van der Waals surface area contributed by atoms with Crippen molar-refractivity contribution in [2.45, 2.75) is 26.4 Å². The summed E-state index contributed by atoms with van der Waals surface area (Å²) < 4.78 is 5.77. The molecule has 1 amide bonds. The van der Waals surface area contributed by atoms with Crippen molar-refractivity contribution >= 4 is 22.9 Å². The number of para-hydroxylation sites is 2. The number of hydrogen-bond acceptors (Lipinski definition) is 6. The van der Waals surface area contributed by atoms with E-state index in [-0.39, 0.29) is 23.1 Å². The van der Waals surface area contributed by atoms with Crippen LogP contribution in [0, 0.1) is 0 Å². The number of thiophene rings is 1. The third-order valence-electron chi connectivity index (χ3n) is 5.80. The van der Waals surface area contributed by atoms with Crippen LogP contribution in [0.4, 0.5) is 5.69 Å². The average molecular weight is 467 g/mol. The summed E-state index contributed by atoms with van der Waals surface area (Å²) in [6.07, 6.45) is 0. The first-order valence-electron chi connectivity index (χ1n) is 11.3. The van der Waals surface area contributed by atoms with E-state index in [1.165, 1.54) is 0 Å². The SMILES string of the molecule is CCOc1ccccc1N1CCN(Cc2ccc(C(=O)NC(C)c3cccs3)c(=O)[nH]2)CC1. The minimum Gasteiger partial charge on any atom is -0.492 e. The van der Waals surface area contributed by atoms with Crippen molar-refractivity contribution in [3.8, 4) is 5.75 Å². The van der Waals surface area contributed by atoms with Gasteiger partial charge in [0.25, 0.3) is 11.5 Å². The fourth-order valence-corrected chi connectivity index (χ4v) is 4.79. The van der Waals surface area contributed by atoms with Crippen molar-refractivity contribution < 1.29 is 9.53 Å². The first kappa shape index (κ1) is 23.1. The fraction of sp³-hybridized carbons (Fsp3) is 0.360. The van der Waals surface area contributed by atoms with Gasteiger partial charge in [-0.1, -0.05) is 18.2 Å². The van der Waals surface area contributed by atoms with E-state index >= 15 is 0 Å². The molecule has 7 nitrogen and oxygen atoms in total. The van der Waals surface area contributed by atoms with Crippen molar-refractivity contribution in [1.29, 1.82) is 0 Å². The van der Waals surface area contributed by atoms with Gasteiger partial charge in [0.15, 0.2) is 0 Å². The zero-order valence-electron chi connectivity index (χ0n) is 19.0. The highest BCUT2D eigenvalue weighted by Gasteiger charge is 2.21. The first-order chi connectivity index (χ1) is 16.0. The van der Waals surface area contributed by atoms with Crippen molar-refractivity contribution in [1.82, 2.24) is 15.2 Å². The monoisotopic (exact) mass is 466 g/mol. The van der Waals surface area contributed by atoms with Gasteiger partial charge in [0, 0.05) is 43.3 Å². The number of H-pyrrole nitrogens is 1. The van der Waals surface area contributed by atoms with Crippen LogP contribution in [0.5, 0.6) is 5.75 Å². The van der Waals surface area contributed by atoms with E-state index in [1.807, 2.05) is 55.6 Å². The molecular weight excluding hydrogens is 436 g/mol. The predicted molar refractivity (Wildman–Crippen MR) is 132 cm³/mol. The smallest absolute Gasteiger partial charge is 0.261 e. The predicted octanol–water partition coefficient (Wildman–Crippen LogP) is 3.65. The highest BCUT2D eigenvalue weighted by molar-refractivity contribution is 7.10. The van der Waals surface area contributed by atoms with E-state index in [4.69, 9.17) is 4.74 Å². The number of anilines is 1. The maximum Gasteiger partial charge on any atom is 0.261 e. The Balaban J connectivity index is 1.34. The molecule has 2 aromatic heterocycles. The van der Waals surface area contributed by atoms with Crippen LogP contribution in [-0.4, -0.2) is 48.6 Å². The van der Waals surface area contributed by atoms with Crippen LogP contribution in [0.1, 0.15) is 40.8 Å². The molecule has 3 aromatic rings. The summed E-state index contributed by atoms with van der Waals surface area (Å²) in [4.78, 5) is 33.7. The van der Waals surface area contributed by atoms with Crippen molar-refractivity contribution in [2.75, 3.05) is 37.7 Å². The Morgan fingerprint density at radius 2 is 1.91 bits per heavy atom. The molecule has 1 saturated heterocycles. The summed E-state index contributed by atoms with van der Waals surface area (Å²) in [5.41, 5.74) is 1.72. The van der Waals surface area contributed by atoms with Crippen LogP contribution < -0.4 is 20.5 Å². The molecule has 1 aliphatic heterocycles. The molecule has 1 fully saturated rings. The zero-order valence-corrected chi connectivity index (χ0v) is 19.9. The van der Waals surface area contributed by atoms with Gasteiger partial charge >= 0.3 is 0 Å². The number of carbonyl (C=O) groups is 1. The van der Waals surface area contributed by atoms with Crippen LogP contribution in [-0.2, 0) is 6.54 Å². The summed E-state index contributed by atoms with van der Waals surface area (Å²) in [5, 5.41) is 4.87. The number of ether oxygens (including phenoxy) is 1. The summed E-state index contributed by atoms with van der Waals surface area (Å²) >= 11 is 1.58. The van der Waals surface area contributed by atoms with Gasteiger partial charge < -0.3 is 19.9 Å². The van der Waals surface area contributed by atoms with Gasteiger partial charge in [0.05, 0.1) is 18.3 Å². The Morgan fingerprint density at radius 1 is 1.12 bits per heavy atom. The second kappa shape index (κ2) is 10.7. The van der Waals surface area contributed by atoms with Gasteiger partial charge in [-0.05, 0) is 49.6 Å². The molecule has 1 atom stereocenters. The lowest BCUT2D eigenvalue weighted by Gasteiger charge is -2.36. The molecule has 2 N–H and O–H groups in total. The number of nitrogens with one attached hydrogen (secondary N) is 2. The number of pyridine rings is 1. The molecule has 1 aliphatic rings. The number of piperazine rings is 1. The van der Waals surface area contributed by atoms with Crippen LogP contribution >= 0.6 is 11.3 Å². The van der Waals surface area contributed by atoms with E-state index in [2.05, 4.69) is 26.2 Å². The van der Waals surface area contributed by atoms with Crippen LogP contribution in [0.15, 0.2) is 58.7 Å². The molecule has 0 aliphatic carbocycles. The number of amides is 1. The number of nitrogens with zero attached hydrogens (tertiary/aromatic N) is 2. The topological polar surface area (TPSA) is 77.7 Å². The van der Waals surface area contributed by atoms with Crippen molar-refractivity contribution in [2.24, 2.45) is 0 Å². The second-order valence-corrected chi connectivity index (χ2v) is 9.08. The number of aromatic nitrogens is 1. The molecule has 1 aromatic carbocycles. The number of hydrogen-bond donors (Lipinski definition) is 2. The molecule has 0 saturated carbocycles. The Bertz CT molecular complexity index is 1120. The molecule has 0 spiro atoms. The molecule has 174 valence electrons. The van der Waals surface area contributed by atoms with E-state index < -0.39 is 0 Å². The third-order valence-corrected chi connectivity index (χ3v) is 6.86. The van der Waals surface area contributed by atoms with Gasteiger partial charge in [-0.15, -0.1) is 11.3 Å². The molecular formula is C25H30N4O3S. The van der Waals surface area contributed by atoms with Crippen molar-refractivity contribution in [3.05, 3.63) is 80.4 Å². The average Bonchev–Trinajstić information content (AvgIpc) is 3.36.